The highest BCUT2D eigenvalue weighted by Crippen LogP contribution is 2.32. The molecule has 0 radical (unpaired) electrons. The maximum Gasteiger partial charge on any atom is 0.0359 e. The van der Waals surface area contributed by atoms with E-state index in [2.05, 4.69) is 32.0 Å². The van der Waals surface area contributed by atoms with Crippen molar-refractivity contribution in [2.75, 3.05) is 6.54 Å². The lowest BCUT2D eigenvalue weighted by atomic mass is 9.79. The van der Waals surface area contributed by atoms with Crippen molar-refractivity contribution in [1.29, 1.82) is 0 Å². The molecule has 0 aromatic heterocycles. The summed E-state index contributed by atoms with van der Waals surface area (Å²) in [5.74, 6) is 0. The summed E-state index contributed by atoms with van der Waals surface area (Å²) in [4.78, 5) is 0. The molecule has 0 saturated carbocycles. The molecule has 1 aromatic carbocycles. The smallest absolute Gasteiger partial charge is 0.0359 e. The molecule has 4 N–H and O–H groups in total. The van der Waals surface area contributed by atoms with Crippen LogP contribution in [0.4, 0.5) is 0 Å². The van der Waals surface area contributed by atoms with Gasteiger partial charge in [-0.15, -0.1) is 0 Å². The summed E-state index contributed by atoms with van der Waals surface area (Å²) in [6.45, 7) is 4.89. The Morgan fingerprint density at radius 2 is 1.82 bits per heavy atom. The molecule has 1 aromatic rings. The number of hydrogen-bond acceptors (Lipinski definition) is 2. The first kappa shape index (κ1) is 12.6. The molecule has 17 heavy (non-hydrogen) atoms. The summed E-state index contributed by atoms with van der Waals surface area (Å²) in [5, 5.41) is 0. The van der Waals surface area contributed by atoms with Crippen LogP contribution in [0, 0.1) is 5.41 Å². The highest BCUT2D eigenvalue weighted by Gasteiger charge is 2.26. The zero-order valence-corrected chi connectivity index (χ0v) is 11.0. The van der Waals surface area contributed by atoms with Gasteiger partial charge in [-0.05, 0) is 54.3 Å². The molecule has 0 fully saturated rings. The van der Waals surface area contributed by atoms with Gasteiger partial charge in [-0.1, -0.05) is 32.0 Å². The standard InChI is InChI=1S/C15H24N2/c1-15(2,10-16)14(17)13-8-7-11-5-3-4-6-12(11)9-13/h7-9,14H,3-6,10,16-17H2,1-2H3. The molecule has 94 valence electrons. The van der Waals surface area contributed by atoms with Gasteiger partial charge in [0.25, 0.3) is 0 Å². The van der Waals surface area contributed by atoms with Crippen LogP contribution >= 0.6 is 0 Å². The third-order valence-electron chi connectivity index (χ3n) is 4.10. The number of rotatable bonds is 3. The third kappa shape index (κ3) is 2.53. The zero-order valence-electron chi connectivity index (χ0n) is 11.0. The van der Waals surface area contributed by atoms with Gasteiger partial charge in [0.1, 0.15) is 0 Å². The average Bonchev–Trinajstić information content (AvgIpc) is 2.37. The quantitative estimate of drug-likeness (QED) is 0.841. The maximum absolute atomic E-state index is 6.34. The molecule has 2 rings (SSSR count). The maximum atomic E-state index is 6.34. The molecule has 0 bridgehead atoms. The van der Waals surface area contributed by atoms with Crippen molar-refractivity contribution in [3.05, 3.63) is 34.9 Å². The summed E-state index contributed by atoms with van der Waals surface area (Å²) < 4.78 is 0. The van der Waals surface area contributed by atoms with Gasteiger partial charge < -0.3 is 11.5 Å². The van der Waals surface area contributed by atoms with Gasteiger partial charge in [-0.3, -0.25) is 0 Å². The van der Waals surface area contributed by atoms with Gasteiger partial charge in [-0.25, -0.2) is 0 Å². The van der Waals surface area contributed by atoms with E-state index < -0.39 is 0 Å². The Labute approximate surface area is 104 Å². The van der Waals surface area contributed by atoms with E-state index >= 15 is 0 Å². The van der Waals surface area contributed by atoms with Crippen LogP contribution < -0.4 is 11.5 Å². The second kappa shape index (κ2) is 4.79. The van der Waals surface area contributed by atoms with Crippen molar-refractivity contribution in [2.45, 2.75) is 45.6 Å². The lowest BCUT2D eigenvalue weighted by molar-refractivity contribution is 0.301. The Morgan fingerprint density at radius 3 is 2.47 bits per heavy atom. The Kier molecular flexibility index (Phi) is 3.55. The van der Waals surface area contributed by atoms with Crippen LogP contribution in [-0.4, -0.2) is 6.54 Å². The Morgan fingerprint density at radius 1 is 1.18 bits per heavy atom. The van der Waals surface area contributed by atoms with Crippen LogP contribution in [0.1, 0.15) is 49.4 Å². The molecule has 0 amide bonds. The fourth-order valence-corrected chi connectivity index (χ4v) is 2.52. The highest BCUT2D eigenvalue weighted by molar-refractivity contribution is 5.35. The van der Waals surface area contributed by atoms with Crippen LogP contribution in [0.15, 0.2) is 18.2 Å². The van der Waals surface area contributed by atoms with Crippen molar-refractivity contribution in [2.24, 2.45) is 16.9 Å². The number of benzene rings is 1. The van der Waals surface area contributed by atoms with Gasteiger partial charge >= 0.3 is 0 Å². The normalized spacial score (nSPS) is 17.6. The molecule has 0 heterocycles. The first-order chi connectivity index (χ1) is 8.04. The van der Waals surface area contributed by atoms with Gasteiger partial charge in [0.2, 0.25) is 0 Å². The first-order valence-corrected chi connectivity index (χ1v) is 6.62. The molecule has 2 nitrogen and oxygen atoms in total. The van der Waals surface area contributed by atoms with Crippen molar-refractivity contribution < 1.29 is 0 Å². The van der Waals surface area contributed by atoms with Crippen LogP contribution in [0.2, 0.25) is 0 Å². The van der Waals surface area contributed by atoms with E-state index in [-0.39, 0.29) is 11.5 Å². The summed E-state index contributed by atoms with van der Waals surface area (Å²) in [5.41, 5.74) is 16.3. The molecule has 1 unspecified atom stereocenters. The van der Waals surface area contributed by atoms with E-state index in [0.717, 1.165) is 0 Å². The van der Waals surface area contributed by atoms with Crippen molar-refractivity contribution in [3.8, 4) is 0 Å². The molecule has 1 atom stereocenters. The summed E-state index contributed by atoms with van der Waals surface area (Å²) >= 11 is 0. The van der Waals surface area contributed by atoms with E-state index in [9.17, 15) is 0 Å². The summed E-state index contributed by atoms with van der Waals surface area (Å²) in [6, 6.07) is 6.78. The Bertz CT molecular complexity index is 396. The highest BCUT2D eigenvalue weighted by atomic mass is 14.7. The number of hydrogen-bond donors (Lipinski definition) is 2. The fraction of sp³-hybridized carbons (Fsp3) is 0.600. The average molecular weight is 232 g/mol. The first-order valence-electron chi connectivity index (χ1n) is 6.62. The van der Waals surface area contributed by atoms with E-state index in [4.69, 9.17) is 11.5 Å². The van der Waals surface area contributed by atoms with E-state index in [0.29, 0.717) is 6.54 Å². The molecule has 0 saturated heterocycles. The fourth-order valence-electron chi connectivity index (χ4n) is 2.52. The van der Waals surface area contributed by atoms with Gasteiger partial charge in [0.05, 0.1) is 0 Å². The van der Waals surface area contributed by atoms with Crippen LogP contribution in [-0.2, 0) is 12.8 Å². The lowest BCUT2D eigenvalue weighted by Crippen LogP contribution is -2.35. The third-order valence-corrected chi connectivity index (χ3v) is 4.10. The Balaban J connectivity index is 2.28. The van der Waals surface area contributed by atoms with E-state index in [1.807, 2.05) is 0 Å². The minimum atomic E-state index is -0.0388. The molecular formula is C15H24N2. The molecule has 1 aliphatic rings. The van der Waals surface area contributed by atoms with E-state index in [1.54, 1.807) is 0 Å². The number of nitrogens with two attached hydrogens (primary N) is 2. The van der Waals surface area contributed by atoms with Crippen molar-refractivity contribution in [1.82, 2.24) is 0 Å². The van der Waals surface area contributed by atoms with Gasteiger partial charge in [-0.2, -0.15) is 0 Å². The van der Waals surface area contributed by atoms with Crippen molar-refractivity contribution >= 4 is 0 Å². The summed E-state index contributed by atoms with van der Waals surface area (Å²) in [6.07, 6.45) is 5.07. The van der Waals surface area contributed by atoms with E-state index in [1.165, 1.54) is 42.4 Å². The lowest BCUT2D eigenvalue weighted by Gasteiger charge is -2.31. The minimum Gasteiger partial charge on any atom is -0.330 e. The molecule has 1 aliphatic carbocycles. The second-order valence-corrected chi connectivity index (χ2v) is 5.91. The van der Waals surface area contributed by atoms with Gasteiger partial charge in [0, 0.05) is 6.04 Å². The Hall–Kier alpha value is -0.860. The summed E-state index contributed by atoms with van der Waals surface area (Å²) in [7, 11) is 0. The predicted octanol–water partition coefficient (Wildman–Crippen LogP) is 2.55. The predicted molar refractivity (Wildman–Crippen MR) is 72.8 cm³/mol. The number of fused-ring (bicyclic) bond motifs is 1. The molecular weight excluding hydrogens is 208 g/mol. The zero-order chi connectivity index (χ0) is 12.5. The van der Waals surface area contributed by atoms with Crippen molar-refractivity contribution in [3.63, 3.8) is 0 Å². The van der Waals surface area contributed by atoms with Gasteiger partial charge in [0.15, 0.2) is 0 Å². The monoisotopic (exact) mass is 232 g/mol. The topological polar surface area (TPSA) is 52.0 Å². The number of aryl methyl sites for hydroxylation is 2. The minimum absolute atomic E-state index is 0.0275. The second-order valence-electron chi connectivity index (χ2n) is 5.91. The molecule has 0 spiro atoms. The molecule has 0 aliphatic heterocycles. The largest absolute Gasteiger partial charge is 0.330 e. The van der Waals surface area contributed by atoms with Crippen LogP contribution in [0.3, 0.4) is 0 Å². The molecule has 2 heteroatoms. The van der Waals surface area contributed by atoms with Crippen LogP contribution in [0.25, 0.3) is 0 Å². The SMILES string of the molecule is CC(C)(CN)C(N)c1ccc2c(c1)CCCC2. The van der Waals surface area contributed by atoms with Crippen LogP contribution in [0.5, 0.6) is 0 Å².